The van der Waals surface area contributed by atoms with Crippen LogP contribution >= 0.6 is 0 Å². The summed E-state index contributed by atoms with van der Waals surface area (Å²) in [4.78, 5) is 47.1. The number of alkyl carbamates (subject to hydrolysis) is 1. The number of ketones is 2. The first-order valence-corrected chi connectivity index (χ1v) is 18.2. The number of hydrogen-bond donors (Lipinski definition) is 1. The number of Topliss-reactive ketones (excluding diaryl/α,β-unsaturated/α-hetero) is 2. The lowest BCUT2D eigenvalue weighted by Crippen LogP contribution is -2.74. The van der Waals surface area contributed by atoms with E-state index in [9.17, 15) is 14.4 Å². The predicted octanol–water partition coefficient (Wildman–Crippen LogP) is 5.06. The van der Waals surface area contributed by atoms with Gasteiger partial charge in [0.05, 0.1) is 35.9 Å². The normalized spacial score (nSPS) is 36.3. The quantitative estimate of drug-likeness (QED) is 0.422. The molecular weight excluding hydrogens is 611 g/mol. The second kappa shape index (κ2) is 13.0. The van der Waals surface area contributed by atoms with E-state index in [0.29, 0.717) is 31.3 Å². The molecule has 9 nitrogen and oxygen atoms in total. The lowest BCUT2D eigenvalue weighted by molar-refractivity contribution is -0.231. The smallest absolute Gasteiger partial charge is 0.407 e. The molecule has 1 aromatic rings. The number of nitrogens with zero attached hydrogens (tertiary/aromatic N) is 3. The molecule has 48 heavy (non-hydrogen) atoms. The number of nitrogens with one attached hydrogen (secondary N) is 1. The monoisotopic (exact) mass is 664 g/mol. The van der Waals surface area contributed by atoms with Crippen LogP contribution in [0.4, 0.5) is 14.9 Å². The number of rotatable bonds is 6. The predicted molar refractivity (Wildman–Crippen MR) is 181 cm³/mol. The third-order valence-electron chi connectivity index (χ3n) is 11.9. The van der Waals surface area contributed by atoms with Gasteiger partial charge in [-0.3, -0.25) is 14.5 Å². The molecule has 1 N–H and O–H groups in total. The van der Waals surface area contributed by atoms with Crippen LogP contribution in [0.2, 0.25) is 0 Å². The summed E-state index contributed by atoms with van der Waals surface area (Å²) >= 11 is 0. The second-order valence-electron chi connectivity index (χ2n) is 16.4. The van der Waals surface area contributed by atoms with E-state index in [1.807, 2.05) is 70.2 Å². The number of likely N-dealkylation sites (tertiary alicyclic amines) is 1. The van der Waals surface area contributed by atoms with Gasteiger partial charge in [-0.25, -0.2) is 9.18 Å². The average Bonchev–Trinajstić information content (AvgIpc) is 3.48. The SMILES string of the molecule is CN(C)c1ccc(CC(=O)C2=CN3C4CCC5CCCCC5C4OC4C(N5CC[C@@H](NC(=O)OC(C)(C)C)C5)C(F)CC(C2=O)C43)cc1. The third kappa shape index (κ3) is 6.39. The summed E-state index contributed by atoms with van der Waals surface area (Å²) in [5, 5.41) is 2.99. The van der Waals surface area contributed by atoms with Crippen LogP contribution < -0.4 is 10.2 Å². The Kier molecular flexibility index (Phi) is 9.11. The van der Waals surface area contributed by atoms with E-state index < -0.39 is 35.9 Å². The molecule has 0 radical (unpaired) electrons. The number of ether oxygens (including phenoxy) is 2. The maximum absolute atomic E-state index is 16.7. The molecule has 10 heteroatoms. The van der Waals surface area contributed by atoms with Crippen molar-refractivity contribution in [2.75, 3.05) is 32.1 Å². The summed E-state index contributed by atoms with van der Waals surface area (Å²) in [5.74, 6) is -0.0687. The van der Waals surface area contributed by atoms with Crippen molar-refractivity contribution in [3.8, 4) is 0 Å². The second-order valence-corrected chi connectivity index (χ2v) is 16.4. The van der Waals surface area contributed by atoms with Crippen LogP contribution in [0.25, 0.3) is 0 Å². The Morgan fingerprint density at radius 3 is 2.50 bits per heavy atom. The van der Waals surface area contributed by atoms with Crippen LogP contribution in [0.5, 0.6) is 0 Å². The van der Waals surface area contributed by atoms with Crippen LogP contribution in [0.3, 0.4) is 0 Å². The van der Waals surface area contributed by atoms with Crippen molar-refractivity contribution < 1.29 is 28.2 Å². The van der Waals surface area contributed by atoms with Gasteiger partial charge >= 0.3 is 6.09 Å². The molecule has 1 amide bonds. The molecule has 262 valence electrons. The highest BCUT2D eigenvalue weighted by atomic mass is 19.1. The van der Waals surface area contributed by atoms with Gasteiger partial charge in [0.25, 0.3) is 0 Å². The van der Waals surface area contributed by atoms with Crippen molar-refractivity contribution in [2.24, 2.45) is 17.8 Å². The summed E-state index contributed by atoms with van der Waals surface area (Å²) in [5.41, 5.74) is 1.51. The summed E-state index contributed by atoms with van der Waals surface area (Å²) in [7, 11) is 3.95. The molecule has 0 aromatic heterocycles. The Labute approximate surface area is 284 Å². The number of amides is 1. The zero-order valence-corrected chi connectivity index (χ0v) is 29.2. The fourth-order valence-corrected chi connectivity index (χ4v) is 9.82. The number of allylic oxidation sites excluding steroid dienone is 1. The minimum Gasteiger partial charge on any atom is -0.444 e. The Morgan fingerprint density at radius 2 is 1.77 bits per heavy atom. The van der Waals surface area contributed by atoms with E-state index >= 15 is 4.39 Å². The fraction of sp³-hybridized carbons (Fsp3) is 0.711. The van der Waals surface area contributed by atoms with Gasteiger partial charge in [0.15, 0.2) is 11.6 Å². The summed E-state index contributed by atoms with van der Waals surface area (Å²) in [6.07, 6.45) is 7.24. The number of carbonyl (C=O) groups is 3. The number of fused-ring (bicyclic) bond motifs is 4. The molecule has 7 rings (SSSR count). The highest BCUT2D eigenvalue weighted by Crippen LogP contribution is 2.51. The molecule has 9 unspecified atom stereocenters. The maximum Gasteiger partial charge on any atom is 0.407 e. The van der Waals surface area contributed by atoms with Crippen LogP contribution in [0.1, 0.15) is 77.7 Å². The standard InChI is InChI=1S/C38H53FN4O5/c1-38(2,3)48-37(46)40-24-16-17-42(20-24)33-29(39)19-27-32-36(33)47-35-26-9-7-6-8-23(26)12-15-30(35)43(32)21-28(34(27)45)31(44)18-22-10-13-25(14-11-22)41(4)5/h10-11,13-14,21,23-24,26-27,29-30,32-33,35-36H,6-9,12,15-20H2,1-5H3,(H,40,46)/t23?,24-,26?,27?,29?,30?,32?,33?,35?,36?/m1/s1. The molecule has 6 aliphatic rings. The number of anilines is 1. The lowest BCUT2D eigenvalue weighted by atomic mass is 9.64. The van der Waals surface area contributed by atoms with Gasteiger partial charge in [0.2, 0.25) is 0 Å². The Hall–Kier alpha value is -2.98. The molecule has 3 heterocycles. The number of alkyl halides is 1. The van der Waals surface area contributed by atoms with Crippen molar-refractivity contribution in [3.05, 3.63) is 41.6 Å². The van der Waals surface area contributed by atoms with Crippen LogP contribution in [-0.2, 0) is 25.5 Å². The topological polar surface area (TPSA) is 91.4 Å². The summed E-state index contributed by atoms with van der Waals surface area (Å²) < 4.78 is 29.3. The number of hydrogen-bond acceptors (Lipinski definition) is 8. The lowest BCUT2D eigenvalue weighted by Gasteiger charge is -2.62. The van der Waals surface area contributed by atoms with Crippen molar-refractivity contribution in [1.29, 1.82) is 0 Å². The molecule has 5 fully saturated rings. The van der Waals surface area contributed by atoms with E-state index in [0.717, 1.165) is 30.5 Å². The Morgan fingerprint density at radius 1 is 1.02 bits per heavy atom. The highest BCUT2D eigenvalue weighted by Gasteiger charge is 2.61. The first-order valence-electron chi connectivity index (χ1n) is 18.2. The fourth-order valence-electron chi connectivity index (χ4n) is 9.82. The Balaban J connectivity index is 1.17. The minimum absolute atomic E-state index is 0.0589. The third-order valence-corrected chi connectivity index (χ3v) is 11.9. The molecule has 3 saturated carbocycles. The average molecular weight is 665 g/mol. The molecule has 0 spiro atoms. The molecule has 2 saturated heterocycles. The van der Waals surface area contributed by atoms with Gasteiger partial charge in [-0.05, 0) is 82.4 Å². The van der Waals surface area contributed by atoms with Gasteiger partial charge in [-0.2, -0.15) is 0 Å². The minimum atomic E-state index is -1.29. The first kappa shape index (κ1) is 33.5. The van der Waals surface area contributed by atoms with E-state index in [2.05, 4.69) is 15.1 Å². The molecule has 3 aliphatic heterocycles. The van der Waals surface area contributed by atoms with Crippen molar-refractivity contribution in [2.45, 2.75) is 127 Å². The number of halogens is 1. The van der Waals surface area contributed by atoms with Crippen molar-refractivity contribution >= 4 is 23.3 Å². The maximum atomic E-state index is 16.7. The van der Waals surface area contributed by atoms with E-state index in [1.165, 1.54) is 19.3 Å². The number of benzene rings is 1. The van der Waals surface area contributed by atoms with Crippen LogP contribution in [0, 0.1) is 17.8 Å². The summed E-state index contributed by atoms with van der Waals surface area (Å²) in [6, 6.07) is 6.92. The molecule has 3 aliphatic carbocycles. The van der Waals surface area contributed by atoms with Crippen molar-refractivity contribution in [1.82, 2.24) is 15.1 Å². The largest absolute Gasteiger partial charge is 0.444 e. The molecule has 1 aromatic carbocycles. The van der Waals surface area contributed by atoms with Gasteiger partial charge in [-0.15, -0.1) is 0 Å². The van der Waals surface area contributed by atoms with E-state index in [4.69, 9.17) is 9.47 Å². The van der Waals surface area contributed by atoms with Crippen LogP contribution in [0.15, 0.2) is 36.0 Å². The number of morpholine rings is 1. The van der Waals surface area contributed by atoms with Gasteiger partial charge in [-0.1, -0.05) is 31.4 Å². The van der Waals surface area contributed by atoms with E-state index in [1.54, 1.807) is 0 Å². The zero-order chi connectivity index (χ0) is 33.9. The first-order chi connectivity index (χ1) is 22.9. The number of carbonyl (C=O) groups excluding carboxylic acids is 3. The van der Waals surface area contributed by atoms with Crippen molar-refractivity contribution in [3.63, 3.8) is 0 Å². The van der Waals surface area contributed by atoms with Gasteiger partial charge < -0.3 is 24.6 Å². The van der Waals surface area contributed by atoms with Gasteiger partial charge in [0.1, 0.15) is 11.8 Å². The molecule has 10 atom stereocenters. The molecular formula is C38H53FN4O5. The van der Waals surface area contributed by atoms with E-state index in [-0.39, 0.29) is 54.2 Å². The summed E-state index contributed by atoms with van der Waals surface area (Å²) in [6.45, 7) is 6.64. The van der Waals surface area contributed by atoms with Gasteiger partial charge in [0, 0.05) is 57.5 Å². The molecule has 0 bridgehead atoms. The Bertz CT molecular complexity index is 1420. The zero-order valence-electron chi connectivity index (χ0n) is 29.2. The highest BCUT2D eigenvalue weighted by molar-refractivity contribution is 6.22. The van der Waals surface area contributed by atoms with Crippen LogP contribution in [-0.4, -0.2) is 103 Å².